The van der Waals surface area contributed by atoms with Gasteiger partial charge in [0.05, 0.1) is 0 Å². The number of hydrogen-bond donors (Lipinski definition) is 0. The van der Waals surface area contributed by atoms with Crippen LogP contribution in [-0.2, 0) is 11.2 Å². The minimum atomic E-state index is 0.269. The molecule has 0 saturated carbocycles. The van der Waals surface area contributed by atoms with Crippen LogP contribution < -0.4 is 0 Å². The van der Waals surface area contributed by atoms with Crippen LogP contribution in [0.15, 0.2) is 12.4 Å². The monoisotopic (exact) mass is 292 g/mol. The molecule has 0 radical (unpaired) electrons. The van der Waals surface area contributed by atoms with E-state index in [4.69, 9.17) is 0 Å². The molecule has 0 bridgehead atoms. The van der Waals surface area contributed by atoms with Crippen molar-refractivity contribution in [2.24, 2.45) is 0 Å². The molecule has 1 aliphatic rings. The van der Waals surface area contributed by atoms with Gasteiger partial charge in [0.2, 0.25) is 5.91 Å². The Hall–Kier alpha value is -1.36. The van der Waals surface area contributed by atoms with Crippen molar-refractivity contribution in [3.05, 3.63) is 18.2 Å². The molecule has 0 atom stereocenters. The summed E-state index contributed by atoms with van der Waals surface area (Å²) < 4.78 is 2.14. The van der Waals surface area contributed by atoms with E-state index >= 15 is 0 Å². The van der Waals surface area contributed by atoms with Gasteiger partial charge in [0.25, 0.3) is 0 Å². The number of rotatable bonds is 5. The lowest BCUT2D eigenvalue weighted by Gasteiger charge is -2.35. The Morgan fingerprint density at radius 1 is 1.38 bits per heavy atom. The lowest BCUT2D eigenvalue weighted by molar-refractivity contribution is -0.132. The molecule has 118 valence electrons. The van der Waals surface area contributed by atoms with Crippen LogP contribution in [-0.4, -0.2) is 58.5 Å². The highest BCUT2D eigenvalue weighted by atomic mass is 16.2. The Kier molecular flexibility index (Phi) is 5.39. The minimum Gasteiger partial charge on any atom is -0.343 e. The standard InChI is InChI=1S/C16H28N4O/c1-13(2)20-12-9-17-15(20)5-6-16(21)19-10-7-14(8-11-19)18(3)4/h9,12-14H,5-8,10-11H2,1-4H3. The molecule has 1 aromatic rings. The molecule has 2 heterocycles. The van der Waals surface area contributed by atoms with E-state index < -0.39 is 0 Å². The molecular weight excluding hydrogens is 264 g/mol. The summed E-state index contributed by atoms with van der Waals surface area (Å²) >= 11 is 0. The third kappa shape index (κ3) is 4.06. The SMILES string of the molecule is CC(C)n1ccnc1CCC(=O)N1CCC(N(C)C)CC1. The van der Waals surface area contributed by atoms with Gasteiger partial charge in [0.1, 0.15) is 5.82 Å². The fourth-order valence-electron chi connectivity index (χ4n) is 3.02. The highest BCUT2D eigenvalue weighted by Gasteiger charge is 2.23. The number of piperidine rings is 1. The van der Waals surface area contributed by atoms with Crippen LogP contribution in [0.1, 0.15) is 45.0 Å². The summed E-state index contributed by atoms with van der Waals surface area (Å²) in [5.41, 5.74) is 0. The van der Waals surface area contributed by atoms with Gasteiger partial charge in [-0.3, -0.25) is 4.79 Å². The van der Waals surface area contributed by atoms with Gasteiger partial charge in [0, 0.05) is 50.4 Å². The summed E-state index contributed by atoms with van der Waals surface area (Å²) in [7, 11) is 4.24. The lowest BCUT2D eigenvalue weighted by Crippen LogP contribution is -2.44. The number of nitrogens with zero attached hydrogens (tertiary/aromatic N) is 4. The Morgan fingerprint density at radius 2 is 2.05 bits per heavy atom. The van der Waals surface area contributed by atoms with Crippen LogP contribution in [0.4, 0.5) is 0 Å². The smallest absolute Gasteiger partial charge is 0.223 e. The van der Waals surface area contributed by atoms with Crippen molar-refractivity contribution in [3.63, 3.8) is 0 Å². The number of likely N-dealkylation sites (tertiary alicyclic amines) is 1. The van der Waals surface area contributed by atoms with E-state index in [9.17, 15) is 4.79 Å². The van der Waals surface area contributed by atoms with E-state index in [2.05, 4.69) is 42.4 Å². The van der Waals surface area contributed by atoms with Crippen LogP contribution in [0.5, 0.6) is 0 Å². The molecule has 0 N–H and O–H groups in total. The molecule has 5 nitrogen and oxygen atoms in total. The summed E-state index contributed by atoms with van der Waals surface area (Å²) in [5.74, 6) is 1.28. The Morgan fingerprint density at radius 3 is 2.62 bits per heavy atom. The number of aryl methyl sites for hydroxylation is 1. The zero-order chi connectivity index (χ0) is 15.4. The fraction of sp³-hybridized carbons (Fsp3) is 0.750. The van der Waals surface area contributed by atoms with Crippen molar-refractivity contribution >= 4 is 5.91 Å². The molecule has 2 rings (SSSR count). The first kappa shape index (κ1) is 16.0. The Bertz CT molecular complexity index is 459. The molecule has 0 unspecified atom stereocenters. The second kappa shape index (κ2) is 7.07. The first-order valence-electron chi connectivity index (χ1n) is 7.95. The number of amides is 1. The van der Waals surface area contributed by atoms with Gasteiger partial charge < -0.3 is 14.4 Å². The molecule has 0 spiro atoms. The molecule has 21 heavy (non-hydrogen) atoms. The zero-order valence-electron chi connectivity index (χ0n) is 13.7. The third-order valence-electron chi connectivity index (χ3n) is 4.42. The first-order chi connectivity index (χ1) is 9.99. The van der Waals surface area contributed by atoms with Crippen LogP contribution in [0.25, 0.3) is 0 Å². The summed E-state index contributed by atoms with van der Waals surface area (Å²) in [6.07, 6.45) is 7.28. The molecule has 1 fully saturated rings. The van der Waals surface area contributed by atoms with Crippen LogP contribution in [0.3, 0.4) is 0 Å². The molecule has 1 amide bonds. The lowest BCUT2D eigenvalue weighted by atomic mass is 10.0. The first-order valence-corrected chi connectivity index (χ1v) is 7.95. The summed E-state index contributed by atoms with van der Waals surface area (Å²) in [5, 5.41) is 0. The third-order valence-corrected chi connectivity index (χ3v) is 4.42. The zero-order valence-corrected chi connectivity index (χ0v) is 13.7. The van der Waals surface area contributed by atoms with Crippen molar-refractivity contribution in [2.45, 2.75) is 51.6 Å². The molecule has 1 saturated heterocycles. The number of carbonyl (C=O) groups excluding carboxylic acids is 1. The van der Waals surface area contributed by atoms with Gasteiger partial charge in [-0.1, -0.05) is 0 Å². The van der Waals surface area contributed by atoms with E-state index in [1.54, 1.807) is 0 Å². The molecule has 0 aliphatic carbocycles. The van der Waals surface area contributed by atoms with E-state index in [1.165, 1.54) is 0 Å². The van der Waals surface area contributed by atoms with Crippen LogP contribution >= 0.6 is 0 Å². The number of hydrogen-bond acceptors (Lipinski definition) is 3. The quantitative estimate of drug-likeness (QED) is 0.833. The van der Waals surface area contributed by atoms with Crippen LogP contribution in [0, 0.1) is 0 Å². The van der Waals surface area contributed by atoms with Crippen LogP contribution in [0.2, 0.25) is 0 Å². The fourth-order valence-corrected chi connectivity index (χ4v) is 3.02. The second-order valence-electron chi connectivity index (χ2n) is 6.42. The predicted molar refractivity (Wildman–Crippen MR) is 84.2 cm³/mol. The molecule has 1 aliphatic heterocycles. The minimum absolute atomic E-state index is 0.269. The maximum atomic E-state index is 12.3. The average molecular weight is 292 g/mol. The van der Waals surface area contributed by atoms with E-state index in [0.29, 0.717) is 18.5 Å². The van der Waals surface area contributed by atoms with E-state index in [0.717, 1.165) is 38.2 Å². The topological polar surface area (TPSA) is 41.4 Å². The average Bonchev–Trinajstić information content (AvgIpc) is 2.93. The van der Waals surface area contributed by atoms with Crippen molar-refractivity contribution < 1.29 is 4.79 Å². The molecule has 0 aromatic carbocycles. The Balaban J connectivity index is 1.81. The van der Waals surface area contributed by atoms with E-state index in [1.807, 2.05) is 17.3 Å². The van der Waals surface area contributed by atoms with Gasteiger partial charge in [-0.2, -0.15) is 0 Å². The maximum Gasteiger partial charge on any atom is 0.223 e. The van der Waals surface area contributed by atoms with Crippen molar-refractivity contribution in [1.29, 1.82) is 0 Å². The van der Waals surface area contributed by atoms with E-state index in [-0.39, 0.29) is 5.91 Å². The number of carbonyl (C=O) groups is 1. The Labute approximate surface area is 127 Å². The molecular formula is C16H28N4O. The van der Waals surface area contributed by atoms with Gasteiger partial charge in [-0.05, 0) is 40.8 Å². The number of imidazole rings is 1. The maximum absolute atomic E-state index is 12.3. The highest BCUT2D eigenvalue weighted by Crippen LogP contribution is 2.16. The largest absolute Gasteiger partial charge is 0.343 e. The second-order valence-corrected chi connectivity index (χ2v) is 6.42. The van der Waals surface area contributed by atoms with Crippen molar-refractivity contribution in [2.75, 3.05) is 27.2 Å². The van der Waals surface area contributed by atoms with Gasteiger partial charge in [0.15, 0.2) is 0 Å². The summed E-state index contributed by atoms with van der Waals surface area (Å²) in [6, 6.07) is 1.02. The van der Waals surface area contributed by atoms with Crippen molar-refractivity contribution in [1.82, 2.24) is 19.4 Å². The predicted octanol–water partition coefficient (Wildman–Crippen LogP) is 1.95. The summed E-state index contributed by atoms with van der Waals surface area (Å²) in [6.45, 7) is 6.05. The highest BCUT2D eigenvalue weighted by molar-refractivity contribution is 5.76. The van der Waals surface area contributed by atoms with Crippen molar-refractivity contribution in [3.8, 4) is 0 Å². The molecule has 1 aromatic heterocycles. The van der Waals surface area contributed by atoms with Gasteiger partial charge in [-0.25, -0.2) is 4.98 Å². The number of aromatic nitrogens is 2. The van der Waals surface area contributed by atoms with Gasteiger partial charge >= 0.3 is 0 Å². The summed E-state index contributed by atoms with van der Waals surface area (Å²) in [4.78, 5) is 21.0. The van der Waals surface area contributed by atoms with Gasteiger partial charge in [-0.15, -0.1) is 0 Å². The normalized spacial score (nSPS) is 17.0. The molecule has 5 heteroatoms.